The lowest BCUT2D eigenvalue weighted by molar-refractivity contribution is 0.0827. The standard InChI is InChI=1S/C21H28N4O3S/c1-22-21(24-14-15-29(27,28)19-10-5-4-6-11-19)23-13-12-17-8-7-9-18(16-17)20(26)25(2)3/h4-11,16H,12-15H2,1-3H3,(H2,22,23,24). The molecule has 0 aliphatic carbocycles. The molecule has 1 amide bonds. The lowest BCUT2D eigenvalue weighted by atomic mass is 10.1. The van der Waals surface area contributed by atoms with Crippen LogP contribution in [-0.2, 0) is 16.3 Å². The number of carbonyl (C=O) groups is 1. The Morgan fingerprint density at radius 3 is 2.34 bits per heavy atom. The lowest BCUT2D eigenvalue weighted by Crippen LogP contribution is -2.40. The van der Waals surface area contributed by atoms with Crippen LogP contribution >= 0.6 is 0 Å². The maximum absolute atomic E-state index is 12.3. The zero-order chi connectivity index (χ0) is 21.3. The SMILES string of the molecule is CN=C(NCCc1cccc(C(=O)N(C)C)c1)NCCS(=O)(=O)c1ccccc1. The number of benzene rings is 2. The van der Waals surface area contributed by atoms with Crippen LogP contribution in [0.3, 0.4) is 0 Å². The summed E-state index contributed by atoms with van der Waals surface area (Å²) in [6, 6.07) is 15.9. The molecule has 0 spiro atoms. The summed E-state index contributed by atoms with van der Waals surface area (Å²) < 4.78 is 24.6. The molecule has 156 valence electrons. The summed E-state index contributed by atoms with van der Waals surface area (Å²) >= 11 is 0. The molecule has 2 N–H and O–H groups in total. The van der Waals surface area contributed by atoms with E-state index in [9.17, 15) is 13.2 Å². The summed E-state index contributed by atoms with van der Waals surface area (Å²) in [7, 11) is 1.76. The van der Waals surface area contributed by atoms with Crippen molar-refractivity contribution in [2.24, 2.45) is 4.99 Å². The second-order valence-electron chi connectivity index (χ2n) is 6.71. The third kappa shape index (κ3) is 6.90. The fraction of sp³-hybridized carbons (Fsp3) is 0.333. The Labute approximate surface area is 172 Å². The predicted octanol–water partition coefficient (Wildman–Crippen LogP) is 1.57. The highest BCUT2D eigenvalue weighted by molar-refractivity contribution is 7.91. The Balaban J connectivity index is 1.81. The molecule has 2 rings (SSSR count). The number of aliphatic imine (C=N–C) groups is 1. The van der Waals surface area contributed by atoms with E-state index in [4.69, 9.17) is 0 Å². The van der Waals surface area contributed by atoms with Crippen molar-refractivity contribution in [2.75, 3.05) is 40.0 Å². The molecule has 0 heterocycles. The summed E-state index contributed by atoms with van der Waals surface area (Å²) in [6.07, 6.45) is 0.706. The number of hydrogen-bond donors (Lipinski definition) is 2. The normalized spacial score (nSPS) is 11.8. The Morgan fingerprint density at radius 2 is 1.69 bits per heavy atom. The first kappa shape index (κ1) is 22.4. The van der Waals surface area contributed by atoms with Crippen LogP contribution in [0.15, 0.2) is 64.5 Å². The van der Waals surface area contributed by atoms with Gasteiger partial charge in [-0.05, 0) is 36.2 Å². The Hall–Kier alpha value is -2.87. The third-order valence-electron chi connectivity index (χ3n) is 4.28. The number of hydrogen-bond acceptors (Lipinski definition) is 4. The zero-order valence-electron chi connectivity index (χ0n) is 17.1. The van der Waals surface area contributed by atoms with Gasteiger partial charge in [-0.1, -0.05) is 30.3 Å². The van der Waals surface area contributed by atoms with Crippen molar-refractivity contribution in [3.05, 3.63) is 65.7 Å². The molecule has 0 saturated carbocycles. The summed E-state index contributed by atoms with van der Waals surface area (Å²) in [5.74, 6) is 0.484. The van der Waals surface area contributed by atoms with Crippen LogP contribution in [-0.4, -0.2) is 65.2 Å². The largest absolute Gasteiger partial charge is 0.356 e. The minimum Gasteiger partial charge on any atom is -0.356 e. The molecule has 0 fully saturated rings. The summed E-state index contributed by atoms with van der Waals surface area (Å²) in [5, 5.41) is 6.19. The van der Waals surface area contributed by atoms with Crippen LogP contribution < -0.4 is 10.6 Å². The number of rotatable bonds is 8. The first-order valence-corrected chi connectivity index (χ1v) is 11.0. The first-order chi connectivity index (χ1) is 13.8. The van der Waals surface area contributed by atoms with Crippen LogP contribution in [0.5, 0.6) is 0 Å². The molecular weight excluding hydrogens is 388 g/mol. The molecule has 2 aromatic carbocycles. The predicted molar refractivity (Wildman–Crippen MR) is 116 cm³/mol. The van der Waals surface area contributed by atoms with Gasteiger partial charge in [-0.25, -0.2) is 8.42 Å². The van der Waals surface area contributed by atoms with Crippen LogP contribution in [0.4, 0.5) is 0 Å². The van der Waals surface area contributed by atoms with Crippen LogP contribution in [0, 0.1) is 0 Å². The van der Waals surface area contributed by atoms with E-state index in [1.165, 1.54) is 0 Å². The molecule has 0 aliphatic heterocycles. The van der Waals surface area contributed by atoms with E-state index < -0.39 is 9.84 Å². The molecule has 8 heteroatoms. The summed E-state index contributed by atoms with van der Waals surface area (Å²) in [4.78, 5) is 18.0. The van der Waals surface area contributed by atoms with Gasteiger partial charge in [0, 0.05) is 39.8 Å². The fourth-order valence-corrected chi connectivity index (χ4v) is 3.89. The van der Waals surface area contributed by atoms with Crippen LogP contribution in [0.2, 0.25) is 0 Å². The molecule has 7 nitrogen and oxygen atoms in total. The van der Waals surface area contributed by atoms with Gasteiger partial charge in [0.1, 0.15) is 0 Å². The molecule has 29 heavy (non-hydrogen) atoms. The smallest absolute Gasteiger partial charge is 0.253 e. The van der Waals surface area contributed by atoms with E-state index in [-0.39, 0.29) is 18.2 Å². The maximum atomic E-state index is 12.3. The number of nitrogens with one attached hydrogen (secondary N) is 2. The molecule has 2 aromatic rings. The zero-order valence-corrected chi connectivity index (χ0v) is 17.9. The highest BCUT2D eigenvalue weighted by Crippen LogP contribution is 2.09. The number of sulfone groups is 1. The number of nitrogens with zero attached hydrogens (tertiary/aromatic N) is 2. The Bertz CT molecular complexity index is 941. The molecular formula is C21H28N4O3S. The van der Waals surface area contributed by atoms with Crippen molar-refractivity contribution in [1.29, 1.82) is 0 Å². The van der Waals surface area contributed by atoms with Crippen molar-refractivity contribution in [3.63, 3.8) is 0 Å². The van der Waals surface area contributed by atoms with Gasteiger partial charge in [0.2, 0.25) is 0 Å². The average Bonchev–Trinajstić information content (AvgIpc) is 2.72. The fourth-order valence-electron chi connectivity index (χ4n) is 2.71. The van der Waals surface area contributed by atoms with Crippen molar-refractivity contribution < 1.29 is 13.2 Å². The number of guanidine groups is 1. The number of amides is 1. The van der Waals surface area contributed by atoms with Crippen molar-refractivity contribution in [2.45, 2.75) is 11.3 Å². The van der Waals surface area contributed by atoms with Crippen LogP contribution in [0.25, 0.3) is 0 Å². The molecule has 0 atom stereocenters. The quantitative estimate of drug-likeness (QED) is 0.504. The van der Waals surface area contributed by atoms with Crippen molar-refractivity contribution in [1.82, 2.24) is 15.5 Å². The van der Waals surface area contributed by atoms with E-state index in [2.05, 4.69) is 15.6 Å². The second-order valence-corrected chi connectivity index (χ2v) is 8.82. The lowest BCUT2D eigenvalue weighted by Gasteiger charge is -2.13. The van der Waals surface area contributed by atoms with Crippen molar-refractivity contribution in [3.8, 4) is 0 Å². The minimum atomic E-state index is -3.33. The van der Waals surface area contributed by atoms with Gasteiger partial charge in [-0.2, -0.15) is 0 Å². The van der Waals surface area contributed by atoms with Gasteiger partial charge in [0.25, 0.3) is 5.91 Å². The minimum absolute atomic E-state index is 0.0214. The van der Waals surface area contributed by atoms with Gasteiger partial charge in [0.05, 0.1) is 10.6 Å². The second kappa shape index (κ2) is 10.6. The summed E-state index contributed by atoms with van der Waals surface area (Å²) in [6.45, 7) is 0.856. The van der Waals surface area contributed by atoms with E-state index in [1.54, 1.807) is 62.4 Å². The molecule has 0 unspecified atom stereocenters. The molecule has 0 radical (unpaired) electrons. The van der Waals surface area contributed by atoms with E-state index in [0.29, 0.717) is 29.4 Å². The molecule has 0 saturated heterocycles. The van der Waals surface area contributed by atoms with Gasteiger partial charge in [-0.3, -0.25) is 9.79 Å². The van der Waals surface area contributed by atoms with Crippen LogP contribution in [0.1, 0.15) is 15.9 Å². The molecule has 0 aliphatic rings. The molecule has 0 bridgehead atoms. The first-order valence-electron chi connectivity index (χ1n) is 9.36. The third-order valence-corrected chi connectivity index (χ3v) is 6.01. The average molecular weight is 417 g/mol. The number of carbonyl (C=O) groups excluding carboxylic acids is 1. The maximum Gasteiger partial charge on any atom is 0.253 e. The van der Waals surface area contributed by atoms with E-state index >= 15 is 0 Å². The van der Waals surface area contributed by atoms with E-state index in [0.717, 1.165) is 5.56 Å². The summed E-state index contributed by atoms with van der Waals surface area (Å²) in [5.41, 5.74) is 1.69. The van der Waals surface area contributed by atoms with Gasteiger partial charge in [0.15, 0.2) is 15.8 Å². The topological polar surface area (TPSA) is 90.9 Å². The Morgan fingerprint density at radius 1 is 1.00 bits per heavy atom. The monoisotopic (exact) mass is 416 g/mol. The van der Waals surface area contributed by atoms with E-state index in [1.807, 2.05) is 18.2 Å². The molecule has 0 aromatic heterocycles. The van der Waals surface area contributed by atoms with Crippen molar-refractivity contribution >= 4 is 21.7 Å². The van der Waals surface area contributed by atoms with Gasteiger partial charge in [-0.15, -0.1) is 0 Å². The highest BCUT2D eigenvalue weighted by Gasteiger charge is 2.13. The Kier molecular flexibility index (Phi) is 8.21. The highest BCUT2D eigenvalue weighted by atomic mass is 32.2. The van der Waals surface area contributed by atoms with Gasteiger partial charge >= 0.3 is 0 Å². The van der Waals surface area contributed by atoms with Gasteiger partial charge < -0.3 is 15.5 Å².